The molecule has 0 aromatic heterocycles. The highest BCUT2D eigenvalue weighted by molar-refractivity contribution is 5.85. The Bertz CT molecular complexity index is 122. The van der Waals surface area contributed by atoms with E-state index in [0.717, 1.165) is 6.54 Å². The molecule has 0 spiro atoms. The summed E-state index contributed by atoms with van der Waals surface area (Å²) in [7, 11) is 2.23. The summed E-state index contributed by atoms with van der Waals surface area (Å²) in [6, 6.07) is 0. The number of nitrogens with one attached hydrogen (secondary N) is 1. The first-order valence-electron chi connectivity index (χ1n) is 4.61. The first-order valence-corrected chi connectivity index (χ1v) is 4.61. The van der Waals surface area contributed by atoms with Gasteiger partial charge in [-0.25, -0.2) is 0 Å². The zero-order valence-electron chi connectivity index (χ0n) is 8.39. The van der Waals surface area contributed by atoms with Crippen molar-refractivity contribution in [2.45, 2.75) is 32.2 Å². The van der Waals surface area contributed by atoms with Gasteiger partial charge < -0.3 is 5.32 Å². The quantitative estimate of drug-likeness (QED) is 0.730. The summed E-state index contributed by atoms with van der Waals surface area (Å²) in [5.74, 6) is 0. The molecule has 1 saturated heterocycles. The Labute approximate surface area is 82.1 Å². The van der Waals surface area contributed by atoms with E-state index in [1.54, 1.807) is 0 Å². The van der Waals surface area contributed by atoms with E-state index in [1.165, 1.54) is 25.9 Å². The van der Waals surface area contributed by atoms with Crippen molar-refractivity contribution in [3.05, 3.63) is 0 Å². The summed E-state index contributed by atoms with van der Waals surface area (Å²) in [5, 5.41) is 3.41. The Morgan fingerprint density at radius 3 is 2.58 bits per heavy atom. The van der Waals surface area contributed by atoms with Crippen LogP contribution in [0.3, 0.4) is 0 Å². The molecule has 1 aliphatic rings. The monoisotopic (exact) mass is 192 g/mol. The van der Waals surface area contributed by atoms with Gasteiger partial charge in [0.05, 0.1) is 0 Å². The normalized spacial score (nSPS) is 29.0. The molecule has 1 rings (SSSR count). The average Bonchev–Trinajstić information content (AvgIpc) is 2.38. The van der Waals surface area contributed by atoms with Gasteiger partial charge in [-0.05, 0) is 39.9 Å². The molecule has 0 aliphatic carbocycles. The fourth-order valence-corrected chi connectivity index (χ4v) is 1.73. The second-order valence-electron chi connectivity index (χ2n) is 3.85. The van der Waals surface area contributed by atoms with Crippen LogP contribution in [0.2, 0.25) is 0 Å². The zero-order chi connectivity index (χ0) is 8.32. The molecule has 0 bridgehead atoms. The maximum absolute atomic E-state index is 3.41. The van der Waals surface area contributed by atoms with Crippen LogP contribution in [-0.2, 0) is 0 Å². The van der Waals surface area contributed by atoms with Crippen molar-refractivity contribution in [1.29, 1.82) is 0 Å². The molecule has 1 N–H and O–H groups in total. The predicted octanol–water partition coefficient (Wildman–Crippen LogP) is 1.50. The van der Waals surface area contributed by atoms with Crippen molar-refractivity contribution in [2.24, 2.45) is 0 Å². The van der Waals surface area contributed by atoms with Gasteiger partial charge in [0.2, 0.25) is 0 Å². The molecule has 0 radical (unpaired) electrons. The van der Waals surface area contributed by atoms with E-state index in [9.17, 15) is 0 Å². The Hall–Kier alpha value is 0.210. The van der Waals surface area contributed by atoms with Gasteiger partial charge in [0.1, 0.15) is 0 Å². The summed E-state index contributed by atoms with van der Waals surface area (Å²) >= 11 is 0. The van der Waals surface area contributed by atoms with Crippen LogP contribution in [-0.4, -0.2) is 37.1 Å². The third-order valence-corrected chi connectivity index (χ3v) is 2.83. The molecular weight excluding hydrogens is 172 g/mol. The zero-order valence-corrected chi connectivity index (χ0v) is 9.21. The lowest BCUT2D eigenvalue weighted by Gasteiger charge is -2.34. The molecule has 2 nitrogen and oxygen atoms in total. The molecule has 0 saturated carbocycles. The lowest BCUT2D eigenvalue weighted by Crippen LogP contribution is -2.45. The minimum Gasteiger partial charge on any atom is -0.315 e. The molecular formula is C9H21ClN2. The number of nitrogens with zero attached hydrogens (tertiary/aromatic N) is 1. The van der Waals surface area contributed by atoms with Gasteiger partial charge in [-0.15, -0.1) is 12.4 Å². The summed E-state index contributed by atoms with van der Waals surface area (Å²) < 4.78 is 0. The average molecular weight is 193 g/mol. The standard InChI is InChI=1S/C9H20N2.ClH/c1-4-7-11(3)9(2)5-6-10-8-9;/h10H,4-8H2,1-3H3;1H. The van der Waals surface area contributed by atoms with Crippen LogP contribution >= 0.6 is 12.4 Å². The second kappa shape index (κ2) is 5.05. The first kappa shape index (κ1) is 12.2. The van der Waals surface area contributed by atoms with E-state index in [2.05, 4.69) is 31.1 Å². The molecule has 0 aromatic carbocycles. The molecule has 1 heterocycles. The Kier molecular flexibility index (Phi) is 5.14. The van der Waals surface area contributed by atoms with Crippen molar-refractivity contribution >= 4 is 12.4 Å². The van der Waals surface area contributed by atoms with Crippen molar-refractivity contribution in [2.75, 3.05) is 26.7 Å². The van der Waals surface area contributed by atoms with Crippen LogP contribution in [0.1, 0.15) is 26.7 Å². The van der Waals surface area contributed by atoms with Gasteiger partial charge in [0.25, 0.3) is 0 Å². The van der Waals surface area contributed by atoms with Gasteiger partial charge in [-0.3, -0.25) is 4.90 Å². The third-order valence-electron chi connectivity index (χ3n) is 2.83. The molecule has 12 heavy (non-hydrogen) atoms. The Morgan fingerprint density at radius 1 is 1.50 bits per heavy atom. The van der Waals surface area contributed by atoms with Crippen LogP contribution in [0, 0.1) is 0 Å². The highest BCUT2D eigenvalue weighted by Gasteiger charge is 2.31. The minimum atomic E-state index is 0. The summed E-state index contributed by atoms with van der Waals surface area (Å²) in [4.78, 5) is 2.48. The van der Waals surface area contributed by atoms with Crippen LogP contribution < -0.4 is 5.32 Å². The molecule has 74 valence electrons. The van der Waals surface area contributed by atoms with Gasteiger partial charge in [0.15, 0.2) is 0 Å². The number of rotatable bonds is 3. The molecule has 1 aliphatic heterocycles. The largest absolute Gasteiger partial charge is 0.315 e. The topological polar surface area (TPSA) is 15.3 Å². The van der Waals surface area contributed by atoms with E-state index >= 15 is 0 Å². The van der Waals surface area contributed by atoms with Crippen LogP contribution in [0.15, 0.2) is 0 Å². The van der Waals surface area contributed by atoms with Crippen molar-refractivity contribution < 1.29 is 0 Å². The summed E-state index contributed by atoms with van der Waals surface area (Å²) in [6.45, 7) is 8.15. The number of hydrogen-bond acceptors (Lipinski definition) is 2. The van der Waals surface area contributed by atoms with Crippen LogP contribution in [0.25, 0.3) is 0 Å². The maximum Gasteiger partial charge on any atom is 0.0314 e. The van der Waals surface area contributed by atoms with Crippen LogP contribution in [0.4, 0.5) is 0 Å². The number of likely N-dealkylation sites (N-methyl/N-ethyl adjacent to an activating group) is 1. The van der Waals surface area contributed by atoms with E-state index < -0.39 is 0 Å². The molecule has 1 unspecified atom stereocenters. The molecule has 0 aromatic rings. The summed E-state index contributed by atoms with van der Waals surface area (Å²) in [5.41, 5.74) is 0.427. The fraction of sp³-hybridized carbons (Fsp3) is 1.00. The van der Waals surface area contributed by atoms with E-state index in [-0.39, 0.29) is 12.4 Å². The van der Waals surface area contributed by atoms with Gasteiger partial charge in [-0.2, -0.15) is 0 Å². The first-order chi connectivity index (χ1) is 5.19. The summed E-state index contributed by atoms with van der Waals surface area (Å²) in [6.07, 6.45) is 2.55. The van der Waals surface area contributed by atoms with E-state index in [1.807, 2.05) is 0 Å². The molecule has 3 heteroatoms. The molecule has 1 fully saturated rings. The molecule has 0 amide bonds. The SMILES string of the molecule is CCCN(C)C1(C)CCNC1.Cl. The van der Waals surface area contributed by atoms with Gasteiger partial charge in [0, 0.05) is 12.1 Å². The number of hydrogen-bond donors (Lipinski definition) is 1. The highest BCUT2D eigenvalue weighted by Crippen LogP contribution is 2.20. The Balaban J connectivity index is 0.00000121. The minimum absolute atomic E-state index is 0. The second-order valence-corrected chi connectivity index (χ2v) is 3.85. The lowest BCUT2D eigenvalue weighted by atomic mass is 9.99. The lowest BCUT2D eigenvalue weighted by molar-refractivity contribution is 0.157. The Morgan fingerprint density at radius 2 is 2.17 bits per heavy atom. The van der Waals surface area contributed by atoms with Crippen molar-refractivity contribution in [3.63, 3.8) is 0 Å². The number of halogens is 1. The molecule has 1 atom stereocenters. The van der Waals surface area contributed by atoms with E-state index in [0.29, 0.717) is 5.54 Å². The predicted molar refractivity (Wildman–Crippen MR) is 56.1 cm³/mol. The smallest absolute Gasteiger partial charge is 0.0314 e. The third kappa shape index (κ3) is 2.61. The van der Waals surface area contributed by atoms with Gasteiger partial charge >= 0.3 is 0 Å². The van der Waals surface area contributed by atoms with Crippen molar-refractivity contribution in [3.8, 4) is 0 Å². The fourth-order valence-electron chi connectivity index (χ4n) is 1.73. The van der Waals surface area contributed by atoms with E-state index in [4.69, 9.17) is 0 Å². The van der Waals surface area contributed by atoms with Crippen LogP contribution in [0.5, 0.6) is 0 Å². The highest BCUT2D eigenvalue weighted by atomic mass is 35.5. The maximum atomic E-state index is 3.41. The van der Waals surface area contributed by atoms with Gasteiger partial charge in [-0.1, -0.05) is 6.92 Å². The van der Waals surface area contributed by atoms with Crippen molar-refractivity contribution in [1.82, 2.24) is 10.2 Å².